The molecule has 0 aliphatic heterocycles. The molecule has 1 N–H and O–H groups in total. The smallest absolute Gasteiger partial charge is 0.442 e. The van der Waals surface area contributed by atoms with E-state index in [9.17, 15) is 13.6 Å². The number of anilines is 2. The molecule has 0 bridgehead atoms. The standard InChI is InChI=1S/C18H23Cl2N4O4PS/c1-18(2,3)28-17(25)24-30(6,27)11-7-8-13(14(9-11)29(4,5)26)22-15-12(19)10-21-16(20)23-15/h7-10H,1-6H3,(H,21,22,23). The lowest BCUT2D eigenvalue weighted by molar-refractivity contribution is 0.0607. The Balaban J connectivity index is 2.53. The Morgan fingerprint density at radius 2 is 1.90 bits per heavy atom. The second-order valence-electron chi connectivity index (χ2n) is 7.86. The molecule has 0 spiro atoms. The normalized spacial score (nSPS) is 14.0. The molecule has 164 valence electrons. The van der Waals surface area contributed by atoms with Gasteiger partial charge in [0.1, 0.15) is 17.8 Å². The number of nitrogens with zero attached hydrogens (tertiary/aromatic N) is 3. The van der Waals surface area contributed by atoms with Crippen LogP contribution < -0.4 is 10.6 Å². The fraction of sp³-hybridized carbons (Fsp3) is 0.389. The van der Waals surface area contributed by atoms with Crippen molar-refractivity contribution in [3.8, 4) is 0 Å². The SMILES string of the molecule is CC(C)(C)OC(=O)N=S(C)(=O)c1ccc(Nc2nc(Cl)ncc2Cl)c(P(C)(C)=O)c1. The molecule has 1 unspecified atom stereocenters. The molecular formula is C18H23Cl2N4O4PS. The minimum atomic E-state index is -3.14. The number of carbonyl (C=O) groups is 1. The topological polar surface area (TPSA) is 111 Å². The van der Waals surface area contributed by atoms with Crippen LogP contribution in [0.5, 0.6) is 0 Å². The predicted octanol–water partition coefficient (Wildman–Crippen LogP) is 5.17. The molecule has 2 rings (SSSR count). The van der Waals surface area contributed by atoms with E-state index in [1.54, 1.807) is 40.2 Å². The van der Waals surface area contributed by atoms with Crippen LogP contribution in [0.2, 0.25) is 10.3 Å². The number of ether oxygens (including phenoxy) is 1. The van der Waals surface area contributed by atoms with Gasteiger partial charge in [-0.05, 0) is 63.9 Å². The monoisotopic (exact) mass is 492 g/mol. The summed E-state index contributed by atoms with van der Waals surface area (Å²) in [6, 6.07) is 4.59. The summed E-state index contributed by atoms with van der Waals surface area (Å²) in [5.41, 5.74) is -0.327. The Kier molecular flexibility index (Phi) is 7.24. The highest BCUT2D eigenvalue weighted by Crippen LogP contribution is 2.39. The summed E-state index contributed by atoms with van der Waals surface area (Å²) in [4.78, 5) is 20.1. The first-order chi connectivity index (χ1) is 13.6. The minimum Gasteiger partial charge on any atom is -0.442 e. The van der Waals surface area contributed by atoms with Gasteiger partial charge in [-0.1, -0.05) is 11.6 Å². The average molecular weight is 493 g/mol. The number of hydrogen-bond donors (Lipinski definition) is 1. The van der Waals surface area contributed by atoms with E-state index in [2.05, 4.69) is 19.6 Å². The zero-order chi connectivity index (χ0) is 22.9. The van der Waals surface area contributed by atoms with Crippen LogP contribution in [0.3, 0.4) is 0 Å². The van der Waals surface area contributed by atoms with Crippen molar-refractivity contribution in [2.24, 2.45) is 4.36 Å². The molecule has 30 heavy (non-hydrogen) atoms. The second-order valence-corrected chi connectivity index (χ2v) is 14.1. The van der Waals surface area contributed by atoms with Crippen molar-refractivity contribution in [3.63, 3.8) is 0 Å². The Labute approximate surface area is 186 Å². The summed E-state index contributed by atoms with van der Waals surface area (Å²) in [6.07, 6.45) is 1.72. The first kappa shape index (κ1) is 24.6. The third-order valence-corrected chi connectivity index (χ3v) is 7.21. The van der Waals surface area contributed by atoms with Crippen LogP contribution in [0.4, 0.5) is 16.3 Å². The first-order valence-electron chi connectivity index (χ1n) is 8.68. The van der Waals surface area contributed by atoms with Gasteiger partial charge in [-0.25, -0.2) is 14.0 Å². The summed E-state index contributed by atoms with van der Waals surface area (Å²) in [5, 5.41) is 3.58. The van der Waals surface area contributed by atoms with Crippen LogP contribution in [0.25, 0.3) is 0 Å². The molecule has 1 heterocycles. The number of nitrogens with one attached hydrogen (secondary N) is 1. The van der Waals surface area contributed by atoms with Crippen molar-refractivity contribution >= 4 is 63.0 Å². The average Bonchev–Trinajstić information content (AvgIpc) is 2.55. The molecule has 8 nitrogen and oxygen atoms in total. The van der Waals surface area contributed by atoms with E-state index in [0.717, 1.165) is 0 Å². The number of aromatic nitrogens is 2. The number of rotatable bonds is 4. The van der Waals surface area contributed by atoms with Crippen LogP contribution >= 0.6 is 30.3 Å². The number of amides is 1. The predicted molar refractivity (Wildman–Crippen MR) is 122 cm³/mol. The molecule has 0 fully saturated rings. The van der Waals surface area contributed by atoms with Gasteiger partial charge in [0, 0.05) is 16.5 Å². The molecule has 0 saturated heterocycles. The fourth-order valence-corrected chi connectivity index (χ4v) is 4.94. The summed E-state index contributed by atoms with van der Waals surface area (Å²) < 4.78 is 34.9. The Morgan fingerprint density at radius 3 is 2.47 bits per heavy atom. The van der Waals surface area contributed by atoms with Gasteiger partial charge in [0.25, 0.3) is 0 Å². The summed E-state index contributed by atoms with van der Waals surface area (Å²) in [5.74, 6) is 0.231. The number of hydrogen-bond acceptors (Lipinski definition) is 7. The van der Waals surface area contributed by atoms with Crippen LogP contribution in [-0.4, -0.2) is 45.5 Å². The van der Waals surface area contributed by atoms with Gasteiger partial charge in [-0.3, -0.25) is 0 Å². The van der Waals surface area contributed by atoms with Gasteiger partial charge < -0.3 is 14.6 Å². The zero-order valence-electron chi connectivity index (χ0n) is 17.4. The van der Waals surface area contributed by atoms with Crippen molar-refractivity contribution in [1.82, 2.24) is 9.97 Å². The highest BCUT2D eigenvalue weighted by atomic mass is 35.5. The van der Waals surface area contributed by atoms with E-state index in [0.29, 0.717) is 11.0 Å². The van der Waals surface area contributed by atoms with E-state index >= 15 is 0 Å². The summed E-state index contributed by atoms with van der Waals surface area (Å²) in [7, 11) is -5.99. The molecule has 0 radical (unpaired) electrons. The van der Waals surface area contributed by atoms with Gasteiger partial charge in [0.15, 0.2) is 5.82 Å². The van der Waals surface area contributed by atoms with E-state index in [-0.39, 0.29) is 21.0 Å². The summed E-state index contributed by atoms with van der Waals surface area (Å²) in [6.45, 7) is 8.19. The lowest BCUT2D eigenvalue weighted by atomic mass is 10.2. The third kappa shape index (κ3) is 6.67. The van der Waals surface area contributed by atoms with Crippen molar-refractivity contribution in [1.29, 1.82) is 0 Å². The van der Waals surface area contributed by atoms with E-state index < -0.39 is 28.6 Å². The summed E-state index contributed by atoms with van der Waals surface area (Å²) >= 11 is 11.9. The molecule has 12 heteroatoms. The maximum Gasteiger partial charge on any atom is 0.442 e. The molecular weight excluding hydrogens is 470 g/mol. The van der Waals surface area contributed by atoms with Gasteiger partial charge in [-0.2, -0.15) is 4.98 Å². The number of halogens is 2. The fourth-order valence-electron chi connectivity index (χ4n) is 2.33. The highest BCUT2D eigenvalue weighted by Gasteiger charge is 2.22. The Morgan fingerprint density at radius 1 is 1.27 bits per heavy atom. The van der Waals surface area contributed by atoms with Gasteiger partial charge in [0.05, 0.1) is 21.6 Å². The maximum atomic E-state index is 13.1. The van der Waals surface area contributed by atoms with Gasteiger partial charge in [0.2, 0.25) is 5.28 Å². The van der Waals surface area contributed by atoms with Crippen LogP contribution in [0.15, 0.2) is 33.7 Å². The van der Waals surface area contributed by atoms with Gasteiger partial charge in [-0.15, -0.1) is 4.36 Å². The molecule has 1 atom stereocenters. The highest BCUT2D eigenvalue weighted by molar-refractivity contribution is 7.93. The maximum absolute atomic E-state index is 13.1. The molecule has 0 saturated carbocycles. The third-order valence-electron chi connectivity index (χ3n) is 3.60. The molecule has 1 amide bonds. The Bertz CT molecular complexity index is 1150. The molecule has 0 aliphatic rings. The molecule has 2 aromatic rings. The van der Waals surface area contributed by atoms with Crippen LogP contribution in [0.1, 0.15) is 20.8 Å². The van der Waals surface area contributed by atoms with Crippen LogP contribution in [0, 0.1) is 0 Å². The number of benzene rings is 1. The molecule has 1 aromatic carbocycles. The Hall–Kier alpha value is -1.67. The molecule has 0 aliphatic carbocycles. The van der Waals surface area contributed by atoms with Crippen LogP contribution in [-0.2, 0) is 19.0 Å². The van der Waals surface area contributed by atoms with E-state index in [1.165, 1.54) is 24.6 Å². The quantitative estimate of drug-likeness (QED) is 0.462. The second kappa shape index (κ2) is 8.83. The molecule has 1 aromatic heterocycles. The van der Waals surface area contributed by atoms with E-state index in [1.807, 2.05) is 0 Å². The first-order valence-corrected chi connectivity index (χ1v) is 14.0. The van der Waals surface area contributed by atoms with Crippen molar-refractivity contribution in [3.05, 3.63) is 34.7 Å². The van der Waals surface area contributed by atoms with Crippen molar-refractivity contribution in [2.45, 2.75) is 31.3 Å². The van der Waals surface area contributed by atoms with Crippen molar-refractivity contribution < 1.29 is 18.3 Å². The minimum absolute atomic E-state index is 0.0102. The lowest BCUT2D eigenvalue weighted by Crippen LogP contribution is -2.22. The largest absolute Gasteiger partial charge is 0.442 e. The number of carbonyl (C=O) groups excluding carboxylic acids is 1. The lowest BCUT2D eigenvalue weighted by Gasteiger charge is -2.19. The van der Waals surface area contributed by atoms with Crippen molar-refractivity contribution in [2.75, 3.05) is 24.9 Å². The van der Waals surface area contributed by atoms with E-state index in [4.69, 9.17) is 27.9 Å². The van der Waals surface area contributed by atoms with Gasteiger partial charge >= 0.3 is 6.09 Å². The zero-order valence-corrected chi connectivity index (χ0v) is 20.6.